The fourth-order valence-electron chi connectivity index (χ4n) is 3.00. The standard InChI is InChI=1S/C22H32O4/c1-10-11-15(20(25-8)26-9)18(23)14-12-16(21(2,3)4)19(24)17(13-14)22(5,6)7/h1,12-13,15,20,24H,11H2,2-9H3. The second-order valence-corrected chi connectivity index (χ2v) is 8.64. The van der Waals surface area contributed by atoms with Crippen LogP contribution in [0, 0.1) is 18.3 Å². The SMILES string of the molecule is C#CCC(C(=O)c1cc(C(C)(C)C)c(O)c(C(C)(C)C)c1)C(OC)OC. The lowest BCUT2D eigenvalue weighted by Crippen LogP contribution is -2.32. The number of carbonyl (C=O) groups excluding carboxylic acids is 1. The summed E-state index contributed by atoms with van der Waals surface area (Å²) in [6.07, 6.45) is 4.95. The van der Waals surface area contributed by atoms with Crippen LogP contribution >= 0.6 is 0 Å². The van der Waals surface area contributed by atoms with E-state index in [4.69, 9.17) is 15.9 Å². The Labute approximate surface area is 157 Å². The highest BCUT2D eigenvalue weighted by Crippen LogP contribution is 2.40. The van der Waals surface area contributed by atoms with E-state index in [2.05, 4.69) is 5.92 Å². The molecule has 0 aromatic heterocycles. The minimum atomic E-state index is -0.719. The monoisotopic (exact) mass is 360 g/mol. The molecule has 0 radical (unpaired) electrons. The van der Waals surface area contributed by atoms with Gasteiger partial charge in [0.1, 0.15) is 5.75 Å². The molecule has 0 spiro atoms. The van der Waals surface area contributed by atoms with E-state index in [1.165, 1.54) is 14.2 Å². The molecule has 0 saturated carbocycles. The summed E-state index contributed by atoms with van der Waals surface area (Å²) in [5, 5.41) is 10.8. The van der Waals surface area contributed by atoms with E-state index in [0.29, 0.717) is 5.56 Å². The average molecular weight is 360 g/mol. The maximum Gasteiger partial charge on any atom is 0.172 e. The van der Waals surface area contributed by atoms with Gasteiger partial charge in [-0.2, -0.15) is 0 Å². The predicted molar refractivity (Wildman–Crippen MR) is 105 cm³/mol. The molecule has 26 heavy (non-hydrogen) atoms. The molecule has 1 N–H and O–H groups in total. The van der Waals surface area contributed by atoms with Gasteiger partial charge in [-0.15, -0.1) is 12.3 Å². The van der Waals surface area contributed by atoms with E-state index in [0.717, 1.165) is 11.1 Å². The number of phenols is 1. The van der Waals surface area contributed by atoms with Gasteiger partial charge in [0.25, 0.3) is 0 Å². The van der Waals surface area contributed by atoms with Crippen LogP contribution in [-0.4, -0.2) is 31.4 Å². The van der Waals surface area contributed by atoms with Crippen LogP contribution in [0.2, 0.25) is 0 Å². The first-order chi connectivity index (χ1) is 11.9. The number of benzene rings is 1. The van der Waals surface area contributed by atoms with Gasteiger partial charge in [-0.05, 0) is 23.0 Å². The number of rotatable bonds is 6. The quantitative estimate of drug-likeness (QED) is 0.463. The van der Waals surface area contributed by atoms with Crippen LogP contribution in [0.5, 0.6) is 5.75 Å². The molecule has 0 heterocycles. The van der Waals surface area contributed by atoms with Gasteiger partial charge in [-0.3, -0.25) is 4.79 Å². The minimum absolute atomic E-state index is 0.146. The molecule has 144 valence electrons. The Morgan fingerprint density at radius 2 is 1.50 bits per heavy atom. The lowest BCUT2D eigenvalue weighted by molar-refractivity contribution is -0.125. The summed E-state index contributed by atoms with van der Waals surface area (Å²) in [6.45, 7) is 12.1. The molecule has 0 aliphatic heterocycles. The van der Waals surface area contributed by atoms with Crippen molar-refractivity contribution >= 4 is 5.78 Å². The molecular formula is C22H32O4. The molecule has 0 bridgehead atoms. The van der Waals surface area contributed by atoms with E-state index in [1.54, 1.807) is 12.1 Å². The van der Waals surface area contributed by atoms with Crippen molar-refractivity contribution in [3.05, 3.63) is 28.8 Å². The zero-order valence-corrected chi connectivity index (χ0v) is 17.3. The molecule has 4 nitrogen and oxygen atoms in total. The largest absolute Gasteiger partial charge is 0.507 e. The van der Waals surface area contributed by atoms with Crippen molar-refractivity contribution in [1.82, 2.24) is 0 Å². The maximum atomic E-state index is 13.2. The first-order valence-electron chi connectivity index (χ1n) is 8.79. The van der Waals surface area contributed by atoms with Crippen LogP contribution in [0.1, 0.15) is 69.4 Å². The molecule has 1 atom stereocenters. The summed E-state index contributed by atoms with van der Waals surface area (Å²) in [4.78, 5) is 13.2. The predicted octanol–water partition coefficient (Wildman–Crippen LogP) is 4.43. The van der Waals surface area contributed by atoms with Crippen LogP contribution in [0.25, 0.3) is 0 Å². The molecule has 1 rings (SSSR count). The van der Waals surface area contributed by atoms with Crippen molar-refractivity contribution in [2.24, 2.45) is 5.92 Å². The van der Waals surface area contributed by atoms with Gasteiger partial charge in [0.05, 0.1) is 5.92 Å². The number of carbonyl (C=O) groups is 1. The Hall–Kier alpha value is -1.83. The minimum Gasteiger partial charge on any atom is -0.507 e. The second-order valence-electron chi connectivity index (χ2n) is 8.64. The van der Waals surface area contributed by atoms with E-state index in [-0.39, 0.29) is 28.8 Å². The van der Waals surface area contributed by atoms with Crippen LogP contribution in [0.3, 0.4) is 0 Å². The van der Waals surface area contributed by atoms with Crippen LogP contribution in [-0.2, 0) is 20.3 Å². The normalized spacial score (nSPS) is 13.5. The fourth-order valence-corrected chi connectivity index (χ4v) is 3.00. The van der Waals surface area contributed by atoms with Gasteiger partial charge >= 0.3 is 0 Å². The smallest absolute Gasteiger partial charge is 0.172 e. The lowest BCUT2D eigenvalue weighted by atomic mass is 9.77. The number of aromatic hydroxyl groups is 1. The molecule has 0 fully saturated rings. The third kappa shape index (κ3) is 4.87. The maximum absolute atomic E-state index is 13.2. The van der Waals surface area contributed by atoms with Crippen molar-refractivity contribution in [1.29, 1.82) is 0 Å². The number of ketones is 1. The molecule has 0 saturated heterocycles. The molecule has 0 aliphatic rings. The number of phenolic OH excluding ortho intramolecular Hbond substituents is 1. The molecule has 4 heteroatoms. The Bertz CT molecular complexity index is 645. The number of methoxy groups -OCH3 is 2. The second kappa shape index (κ2) is 8.24. The van der Waals surface area contributed by atoms with Gasteiger partial charge in [0.2, 0.25) is 0 Å². The van der Waals surface area contributed by atoms with Crippen molar-refractivity contribution in [2.45, 2.75) is 65.1 Å². The number of terminal acetylenes is 1. The zero-order chi connectivity index (χ0) is 20.3. The van der Waals surface area contributed by atoms with E-state index >= 15 is 0 Å². The van der Waals surface area contributed by atoms with E-state index in [1.807, 2.05) is 41.5 Å². The third-order valence-electron chi connectivity index (χ3n) is 4.48. The van der Waals surface area contributed by atoms with Crippen molar-refractivity contribution < 1.29 is 19.4 Å². The number of hydrogen-bond acceptors (Lipinski definition) is 4. The van der Waals surface area contributed by atoms with Crippen LogP contribution < -0.4 is 0 Å². The molecular weight excluding hydrogens is 328 g/mol. The Morgan fingerprint density at radius 1 is 1.08 bits per heavy atom. The first kappa shape index (κ1) is 22.2. The van der Waals surface area contributed by atoms with Gasteiger partial charge in [-0.25, -0.2) is 0 Å². The van der Waals surface area contributed by atoms with Crippen molar-refractivity contribution in [3.8, 4) is 18.1 Å². The average Bonchev–Trinajstić information content (AvgIpc) is 2.52. The van der Waals surface area contributed by atoms with Gasteiger partial charge in [0, 0.05) is 37.3 Å². The summed E-state index contributed by atoms with van der Waals surface area (Å²) >= 11 is 0. The van der Waals surface area contributed by atoms with Gasteiger partial charge in [-0.1, -0.05) is 41.5 Å². The molecule has 1 unspecified atom stereocenters. The molecule has 0 aliphatic carbocycles. The molecule has 1 aromatic carbocycles. The Kier molecular flexibility index (Phi) is 7.04. The number of Topliss-reactive ketones (excluding diaryl/α,β-unsaturated/α-hetero) is 1. The van der Waals surface area contributed by atoms with Crippen molar-refractivity contribution in [2.75, 3.05) is 14.2 Å². The Balaban J connectivity index is 3.61. The first-order valence-corrected chi connectivity index (χ1v) is 8.79. The summed E-state index contributed by atoms with van der Waals surface area (Å²) in [5.41, 5.74) is 1.35. The highest BCUT2D eigenvalue weighted by Gasteiger charge is 2.32. The summed E-state index contributed by atoms with van der Waals surface area (Å²) in [5.74, 6) is 2.02. The van der Waals surface area contributed by atoms with Gasteiger partial charge in [0.15, 0.2) is 12.1 Å². The Morgan fingerprint density at radius 3 is 1.81 bits per heavy atom. The highest BCUT2D eigenvalue weighted by atomic mass is 16.7. The number of hydrogen-bond donors (Lipinski definition) is 1. The molecule has 0 amide bonds. The van der Waals surface area contributed by atoms with Crippen LogP contribution in [0.4, 0.5) is 0 Å². The zero-order valence-electron chi connectivity index (χ0n) is 17.3. The summed E-state index contributed by atoms with van der Waals surface area (Å²) in [6, 6.07) is 3.53. The van der Waals surface area contributed by atoms with Crippen molar-refractivity contribution in [3.63, 3.8) is 0 Å². The van der Waals surface area contributed by atoms with E-state index in [9.17, 15) is 9.90 Å². The third-order valence-corrected chi connectivity index (χ3v) is 4.48. The topological polar surface area (TPSA) is 55.8 Å². The number of ether oxygens (including phenoxy) is 2. The van der Waals surface area contributed by atoms with E-state index < -0.39 is 12.2 Å². The summed E-state index contributed by atoms with van der Waals surface area (Å²) in [7, 11) is 2.98. The lowest BCUT2D eigenvalue weighted by Gasteiger charge is -2.29. The van der Waals surface area contributed by atoms with Gasteiger partial charge < -0.3 is 14.6 Å². The fraction of sp³-hybridized carbons (Fsp3) is 0.591. The molecule has 1 aromatic rings. The van der Waals surface area contributed by atoms with Crippen LogP contribution in [0.15, 0.2) is 12.1 Å². The highest BCUT2D eigenvalue weighted by molar-refractivity contribution is 5.99. The summed E-state index contributed by atoms with van der Waals surface area (Å²) < 4.78 is 10.6.